The van der Waals surface area contributed by atoms with Gasteiger partial charge in [0.25, 0.3) is 5.12 Å². The molecule has 74 valence electrons. The summed E-state index contributed by atoms with van der Waals surface area (Å²) in [5.74, 6) is -0.625. The third-order valence-corrected chi connectivity index (χ3v) is 2.28. The molecule has 0 fully saturated rings. The van der Waals surface area contributed by atoms with Gasteiger partial charge in [-0.25, -0.2) is 0 Å². The van der Waals surface area contributed by atoms with Crippen LogP contribution in [-0.4, -0.2) is 17.3 Å². The molecule has 0 aromatic heterocycles. The number of carbonyl (C=O) groups excluding carboxylic acids is 2. The van der Waals surface area contributed by atoms with Crippen molar-refractivity contribution in [1.82, 2.24) is 0 Å². The van der Waals surface area contributed by atoms with E-state index in [0.717, 1.165) is 11.8 Å². The van der Waals surface area contributed by atoms with Gasteiger partial charge >= 0.3 is 5.91 Å². The number of benzene rings is 1. The number of halogens is 1. The lowest BCUT2D eigenvalue weighted by Crippen LogP contribution is -2.19. The molecule has 0 atom stereocenters. The minimum Gasteiger partial charge on any atom is -0.319 e. The molecule has 0 aliphatic carbocycles. The lowest BCUT2D eigenvalue weighted by atomic mass is 10.3. The molecule has 5 heteroatoms. The van der Waals surface area contributed by atoms with Gasteiger partial charge in [-0.15, -0.1) is 0 Å². The molecule has 1 rings (SSSR count). The van der Waals surface area contributed by atoms with Gasteiger partial charge in [0.2, 0.25) is 0 Å². The van der Waals surface area contributed by atoms with Crippen LogP contribution in [0.15, 0.2) is 24.3 Å². The second-order valence-corrected chi connectivity index (χ2v) is 3.67. The second-order valence-electron chi connectivity index (χ2n) is 2.45. The third kappa shape index (κ3) is 3.05. The molecule has 1 amide bonds. The number of thioether (sulfide) groups is 1. The van der Waals surface area contributed by atoms with Crippen LogP contribution >= 0.6 is 23.4 Å². The van der Waals surface area contributed by atoms with E-state index in [1.54, 1.807) is 30.5 Å². The predicted octanol–water partition coefficient (Wildman–Crippen LogP) is 2.17. The quantitative estimate of drug-likeness (QED) is 0.751. The minimum atomic E-state index is -0.625. The number of hydrogen-bond donors (Lipinski definition) is 1. The van der Waals surface area contributed by atoms with E-state index in [1.165, 1.54) is 0 Å². The van der Waals surface area contributed by atoms with Crippen molar-refractivity contribution in [1.29, 1.82) is 0 Å². The Balaban J connectivity index is 2.65. The molecule has 1 aromatic rings. The Labute approximate surface area is 90.8 Å². The zero-order valence-electron chi connectivity index (χ0n) is 7.41. The fourth-order valence-corrected chi connectivity index (χ4v) is 1.17. The first-order chi connectivity index (χ1) is 6.63. The maximum absolute atomic E-state index is 11.1. The summed E-state index contributed by atoms with van der Waals surface area (Å²) in [5, 5.41) is 2.52. The summed E-state index contributed by atoms with van der Waals surface area (Å²) in [6, 6.07) is 6.54. The van der Waals surface area contributed by atoms with E-state index in [9.17, 15) is 9.59 Å². The Morgan fingerprint density at radius 3 is 2.36 bits per heavy atom. The average Bonchev–Trinajstić information content (AvgIpc) is 2.20. The standard InChI is InChI=1S/C9H8ClNO2S/c1-14-9(13)8(12)11-7-4-2-6(10)3-5-7/h2-5H,1H3,(H,11,12). The van der Waals surface area contributed by atoms with Crippen LogP contribution in [-0.2, 0) is 9.59 Å². The molecule has 1 aromatic carbocycles. The van der Waals surface area contributed by atoms with Crippen LogP contribution in [0.25, 0.3) is 0 Å². The molecular weight excluding hydrogens is 222 g/mol. The van der Waals surface area contributed by atoms with Gasteiger partial charge in [-0.3, -0.25) is 9.59 Å². The van der Waals surface area contributed by atoms with Gasteiger partial charge in [0.15, 0.2) is 0 Å². The van der Waals surface area contributed by atoms with Crippen LogP contribution in [0.3, 0.4) is 0 Å². The van der Waals surface area contributed by atoms with Crippen LogP contribution in [0.2, 0.25) is 5.02 Å². The molecule has 1 N–H and O–H groups in total. The van der Waals surface area contributed by atoms with Crippen LogP contribution in [0.4, 0.5) is 5.69 Å². The number of rotatable bonds is 1. The van der Waals surface area contributed by atoms with Crippen molar-refractivity contribution in [2.45, 2.75) is 0 Å². The lowest BCUT2D eigenvalue weighted by molar-refractivity contribution is -0.129. The molecule has 0 aliphatic rings. The molecule has 0 saturated heterocycles. The van der Waals surface area contributed by atoms with Gasteiger partial charge in [-0.1, -0.05) is 23.4 Å². The van der Waals surface area contributed by atoms with E-state index in [4.69, 9.17) is 11.6 Å². The Bertz CT molecular complexity index is 350. The molecule has 0 heterocycles. The van der Waals surface area contributed by atoms with Crippen molar-refractivity contribution >= 4 is 40.1 Å². The van der Waals surface area contributed by atoms with Gasteiger partial charge in [-0.05, 0) is 30.5 Å². The molecular formula is C9H8ClNO2S. The van der Waals surface area contributed by atoms with Crippen molar-refractivity contribution in [3.8, 4) is 0 Å². The van der Waals surface area contributed by atoms with Gasteiger partial charge in [-0.2, -0.15) is 0 Å². The SMILES string of the molecule is CSC(=O)C(=O)Nc1ccc(Cl)cc1. The van der Waals surface area contributed by atoms with E-state index in [1.807, 2.05) is 0 Å². The summed E-state index contributed by atoms with van der Waals surface area (Å²) < 4.78 is 0. The second kappa shape index (κ2) is 5.02. The Hall–Kier alpha value is -1.00. The van der Waals surface area contributed by atoms with Crippen LogP contribution in [0.5, 0.6) is 0 Å². The molecule has 3 nitrogen and oxygen atoms in total. The monoisotopic (exact) mass is 229 g/mol. The van der Waals surface area contributed by atoms with E-state index < -0.39 is 11.0 Å². The number of anilines is 1. The normalized spacial score (nSPS) is 9.57. The van der Waals surface area contributed by atoms with Gasteiger partial charge in [0.05, 0.1) is 0 Å². The lowest BCUT2D eigenvalue weighted by Gasteiger charge is -2.02. The average molecular weight is 230 g/mol. The highest BCUT2D eigenvalue weighted by atomic mass is 35.5. The third-order valence-electron chi connectivity index (χ3n) is 1.47. The van der Waals surface area contributed by atoms with E-state index in [2.05, 4.69) is 5.32 Å². The summed E-state index contributed by atoms with van der Waals surface area (Å²) in [5.41, 5.74) is 0.557. The Morgan fingerprint density at radius 1 is 1.29 bits per heavy atom. The molecule has 0 unspecified atom stereocenters. The molecule has 0 spiro atoms. The molecule has 0 aliphatic heterocycles. The van der Waals surface area contributed by atoms with Crippen molar-refractivity contribution in [2.75, 3.05) is 11.6 Å². The highest BCUT2D eigenvalue weighted by molar-refractivity contribution is 8.14. The maximum atomic E-state index is 11.1. The molecule has 0 saturated carbocycles. The molecule has 0 radical (unpaired) electrons. The van der Waals surface area contributed by atoms with Gasteiger partial charge in [0, 0.05) is 10.7 Å². The fourth-order valence-electron chi connectivity index (χ4n) is 0.808. The van der Waals surface area contributed by atoms with Gasteiger partial charge < -0.3 is 5.32 Å². The van der Waals surface area contributed by atoms with Crippen molar-refractivity contribution in [2.24, 2.45) is 0 Å². The summed E-state index contributed by atoms with van der Waals surface area (Å²) in [7, 11) is 0. The van der Waals surface area contributed by atoms with Crippen molar-refractivity contribution in [3.63, 3.8) is 0 Å². The summed E-state index contributed by atoms with van der Waals surface area (Å²) in [6.07, 6.45) is 1.56. The first kappa shape index (κ1) is 11.1. The maximum Gasteiger partial charge on any atom is 0.302 e. The smallest absolute Gasteiger partial charge is 0.302 e. The Morgan fingerprint density at radius 2 is 1.86 bits per heavy atom. The highest BCUT2D eigenvalue weighted by Gasteiger charge is 2.11. The number of amides is 1. The number of hydrogen-bond acceptors (Lipinski definition) is 3. The van der Waals surface area contributed by atoms with Gasteiger partial charge in [0.1, 0.15) is 0 Å². The zero-order valence-corrected chi connectivity index (χ0v) is 8.98. The largest absolute Gasteiger partial charge is 0.319 e. The van der Waals surface area contributed by atoms with Crippen molar-refractivity contribution < 1.29 is 9.59 Å². The van der Waals surface area contributed by atoms with Crippen LogP contribution in [0, 0.1) is 0 Å². The van der Waals surface area contributed by atoms with Crippen LogP contribution in [0.1, 0.15) is 0 Å². The number of carbonyl (C=O) groups is 2. The van der Waals surface area contributed by atoms with E-state index >= 15 is 0 Å². The minimum absolute atomic E-state index is 0.514. The number of nitrogens with one attached hydrogen (secondary N) is 1. The summed E-state index contributed by atoms with van der Waals surface area (Å²) in [6.45, 7) is 0. The van der Waals surface area contributed by atoms with Crippen molar-refractivity contribution in [3.05, 3.63) is 29.3 Å². The molecule has 14 heavy (non-hydrogen) atoms. The van der Waals surface area contributed by atoms with E-state index in [-0.39, 0.29) is 0 Å². The summed E-state index contributed by atoms with van der Waals surface area (Å²) >= 11 is 6.53. The van der Waals surface area contributed by atoms with Crippen LogP contribution < -0.4 is 5.32 Å². The highest BCUT2D eigenvalue weighted by Crippen LogP contribution is 2.13. The summed E-state index contributed by atoms with van der Waals surface area (Å²) in [4.78, 5) is 22.0. The first-order valence-electron chi connectivity index (χ1n) is 3.78. The topological polar surface area (TPSA) is 46.2 Å². The first-order valence-corrected chi connectivity index (χ1v) is 5.38. The zero-order chi connectivity index (χ0) is 10.6. The fraction of sp³-hybridized carbons (Fsp3) is 0.111. The van der Waals surface area contributed by atoms with E-state index in [0.29, 0.717) is 10.7 Å². The molecule has 0 bridgehead atoms. The predicted molar refractivity (Wildman–Crippen MR) is 58.6 cm³/mol. The Kier molecular flexibility index (Phi) is 3.98.